The molecule has 3 nitrogen and oxygen atoms in total. The number of pyridine rings is 1. The van der Waals surface area contributed by atoms with Crippen molar-refractivity contribution in [1.82, 2.24) is 4.98 Å². The van der Waals surface area contributed by atoms with E-state index in [-0.39, 0.29) is 11.9 Å². The summed E-state index contributed by atoms with van der Waals surface area (Å²) in [7, 11) is 0. The molecule has 160 valence electrons. The Morgan fingerprint density at radius 2 is 2.03 bits per heavy atom. The maximum Gasteiger partial charge on any atom is 0.132 e. The molecule has 2 bridgehead atoms. The molecule has 1 N–H and O–H groups in total. The number of hydrogen-bond donors (Lipinski definition) is 1. The van der Waals surface area contributed by atoms with Crippen molar-refractivity contribution in [2.45, 2.75) is 31.5 Å². The molecule has 3 aromatic rings. The first kappa shape index (κ1) is 20.3. The number of halogens is 2. The highest BCUT2D eigenvalue weighted by Crippen LogP contribution is 2.48. The molecular weight excluding hydrogens is 394 g/mol. The van der Waals surface area contributed by atoms with Crippen LogP contribution in [0, 0.1) is 23.5 Å². The van der Waals surface area contributed by atoms with Crippen LogP contribution < -0.4 is 0 Å². The molecule has 0 spiro atoms. The molecule has 3 aliphatic rings. The lowest BCUT2D eigenvalue weighted by Gasteiger charge is -2.58. The van der Waals surface area contributed by atoms with E-state index in [0.717, 1.165) is 48.5 Å². The van der Waals surface area contributed by atoms with Gasteiger partial charge in [0, 0.05) is 35.9 Å². The second-order valence-corrected chi connectivity index (χ2v) is 9.13. The number of aromatic nitrogens is 1. The number of fused-ring (bicyclic) bond motifs is 4. The highest BCUT2D eigenvalue weighted by Gasteiger charge is 2.54. The average molecular weight is 422 g/mol. The number of quaternary nitrogens is 1. The van der Waals surface area contributed by atoms with Gasteiger partial charge in [0.25, 0.3) is 0 Å². The maximum atomic E-state index is 14.6. The van der Waals surface area contributed by atoms with Gasteiger partial charge in [0.2, 0.25) is 0 Å². The van der Waals surface area contributed by atoms with Crippen LogP contribution in [0.2, 0.25) is 0 Å². The summed E-state index contributed by atoms with van der Waals surface area (Å²) < 4.78 is 29.1. The van der Waals surface area contributed by atoms with E-state index in [1.807, 2.05) is 36.4 Å². The van der Waals surface area contributed by atoms with Gasteiger partial charge in [-0.05, 0) is 41.8 Å². The van der Waals surface area contributed by atoms with Gasteiger partial charge in [-0.25, -0.2) is 8.78 Å². The summed E-state index contributed by atoms with van der Waals surface area (Å²) in [5.41, 5.74) is 2.08. The van der Waals surface area contributed by atoms with Gasteiger partial charge in [-0.3, -0.25) is 4.98 Å². The predicted molar refractivity (Wildman–Crippen MR) is 117 cm³/mol. The monoisotopic (exact) mass is 421 g/mol. The lowest BCUT2D eigenvalue weighted by molar-refractivity contribution is -0.985. The highest BCUT2D eigenvalue weighted by atomic mass is 19.1. The Morgan fingerprint density at radius 3 is 2.87 bits per heavy atom. The van der Waals surface area contributed by atoms with Gasteiger partial charge in [0.1, 0.15) is 30.3 Å². The van der Waals surface area contributed by atoms with Crippen LogP contribution in [0.1, 0.15) is 30.1 Å². The molecule has 5 heteroatoms. The number of aliphatic hydroxyl groups excluding tert-OH is 1. The van der Waals surface area contributed by atoms with Crippen LogP contribution in [0.5, 0.6) is 0 Å². The van der Waals surface area contributed by atoms with Crippen LogP contribution in [-0.2, 0) is 6.54 Å². The Hall–Kier alpha value is -2.63. The largest absolute Gasteiger partial charge is 0.382 e. The van der Waals surface area contributed by atoms with Crippen molar-refractivity contribution in [3.8, 4) is 0 Å². The van der Waals surface area contributed by atoms with E-state index >= 15 is 0 Å². The van der Waals surface area contributed by atoms with Gasteiger partial charge in [-0.1, -0.05) is 24.3 Å². The second-order valence-electron chi connectivity index (χ2n) is 9.13. The van der Waals surface area contributed by atoms with Gasteiger partial charge in [0.15, 0.2) is 0 Å². The van der Waals surface area contributed by atoms with Crippen molar-refractivity contribution >= 4 is 10.9 Å². The zero-order chi connectivity index (χ0) is 21.6. The maximum absolute atomic E-state index is 14.6. The van der Waals surface area contributed by atoms with Crippen molar-refractivity contribution in [3.05, 3.63) is 90.1 Å². The summed E-state index contributed by atoms with van der Waals surface area (Å²) in [4.78, 5) is 4.43. The Bertz CT molecular complexity index is 1130. The van der Waals surface area contributed by atoms with E-state index in [1.54, 1.807) is 6.20 Å². The topological polar surface area (TPSA) is 33.1 Å². The number of benzene rings is 2. The van der Waals surface area contributed by atoms with Crippen molar-refractivity contribution in [2.75, 3.05) is 13.1 Å². The van der Waals surface area contributed by atoms with Gasteiger partial charge >= 0.3 is 0 Å². The van der Waals surface area contributed by atoms with Crippen molar-refractivity contribution in [1.29, 1.82) is 0 Å². The third-order valence-electron chi connectivity index (χ3n) is 7.53. The highest BCUT2D eigenvalue weighted by molar-refractivity contribution is 5.82. The van der Waals surface area contributed by atoms with Gasteiger partial charge in [0.05, 0.1) is 18.6 Å². The van der Waals surface area contributed by atoms with E-state index in [2.05, 4.69) is 11.6 Å². The summed E-state index contributed by atoms with van der Waals surface area (Å²) in [6, 6.07) is 13.3. The first-order valence-electron chi connectivity index (χ1n) is 10.9. The molecule has 0 radical (unpaired) electrons. The van der Waals surface area contributed by atoms with Crippen LogP contribution >= 0.6 is 0 Å². The third-order valence-corrected chi connectivity index (χ3v) is 7.53. The van der Waals surface area contributed by atoms with E-state index < -0.39 is 11.9 Å². The van der Waals surface area contributed by atoms with Crippen LogP contribution in [0.15, 0.2) is 67.4 Å². The second kappa shape index (κ2) is 7.81. The zero-order valence-electron chi connectivity index (χ0n) is 17.4. The van der Waals surface area contributed by atoms with Crippen LogP contribution in [0.25, 0.3) is 10.9 Å². The Balaban J connectivity index is 1.57. The molecule has 3 aliphatic heterocycles. The Morgan fingerprint density at radius 1 is 1.19 bits per heavy atom. The van der Waals surface area contributed by atoms with E-state index in [1.165, 1.54) is 12.1 Å². The van der Waals surface area contributed by atoms with Gasteiger partial charge in [-0.15, -0.1) is 6.58 Å². The number of para-hydroxylation sites is 1. The standard InChI is InChI=1S/C26H27F2N2O/c1-2-17-15-30(16-19-13-20(27)7-8-23(19)28)12-10-18(17)14-25(30)26(31)22-9-11-29-24-6-4-3-5-21(22)24/h2-9,11,13,17-18,25-26,31H,1,10,12,14-16H2/q+1/t17?,18?,25?,26-,30?/m1/s1. The summed E-state index contributed by atoms with van der Waals surface area (Å²) in [5, 5.41) is 12.6. The zero-order valence-corrected chi connectivity index (χ0v) is 17.4. The van der Waals surface area contributed by atoms with E-state index in [0.29, 0.717) is 28.4 Å². The molecule has 2 aromatic carbocycles. The van der Waals surface area contributed by atoms with Crippen LogP contribution in [0.3, 0.4) is 0 Å². The summed E-state index contributed by atoms with van der Waals surface area (Å²) in [6.07, 6.45) is 4.88. The number of piperidine rings is 3. The molecule has 0 aliphatic carbocycles. The first-order chi connectivity index (χ1) is 15.0. The summed E-state index contributed by atoms with van der Waals surface area (Å²) in [6.45, 7) is 6.02. The summed E-state index contributed by atoms with van der Waals surface area (Å²) in [5.74, 6) is -0.0380. The lowest BCUT2D eigenvalue weighted by atomic mass is 9.71. The minimum absolute atomic E-state index is 0.0941. The number of nitrogens with zero attached hydrogens (tertiary/aromatic N) is 2. The smallest absolute Gasteiger partial charge is 0.132 e. The fourth-order valence-electron chi connectivity index (χ4n) is 5.97. The fraction of sp³-hybridized carbons (Fsp3) is 0.346. The van der Waals surface area contributed by atoms with Crippen LogP contribution in [-0.4, -0.2) is 33.7 Å². The molecule has 0 saturated carbocycles. The molecule has 4 heterocycles. The van der Waals surface area contributed by atoms with Crippen LogP contribution in [0.4, 0.5) is 8.78 Å². The Kier molecular flexibility index (Phi) is 5.11. The average Bonchev–Trinajstić information content (AvgIpc) is 2.80. The minimum atomic E-state index is -0.710. The van der Waals surface area contributed by atoms with E-state index in [4.69, 9.17) is 0 Å². The summed E-state index contributed by atoms with van der Waals surface area (Å²) >= 11 is 0. The molecule has 0 amide bonds. The first-order valence-corrected chi connectivity index (χ1v) is 10.9. The van der Waals surface area contributed by atoms with Gasteiger partial charge < -0.3 is 9.59 Å². The van der Waals surface area contributed by atoms with E-state index in [9.17, 15) is 13.9 Å². The number of rotatable bonds is 5. The number of aliphatic hydroxyl groups is 1. The van der Waals surface area contributed by atoms with Crippen molar-refractivity contribution in [3.63, 3.8) is 0 Å². The number of hydrogen-bond acceptors (Lipinski definition) is 2. The lowest BCUT2D eigenvalue weighted by Crippen LogP contribution is -2.67. The molecule has 3 fully saturated rings. The molecule has 1 aromatic heterocycles. The Labute approximate surface area is 181 Å². The predicted octanol–water partition coefficient (Wildman–Crippen LogP) is 5.16. The van der Waals surface area contributed by atoms with Crippen molar-refractivity contribution < 1.29 is 18.4 Å². The normalized spacial score (nSPS) is 28.5. The van der Waals surface area contributed by atoms with Crippen molar-refractivity contribution in [2.24, 2.45) is 11.8 Å². The third kappa shape index (κ3) is 3.46. The molecular formula is C26H27F2N2O+. The molecule has 6 rings (SSSR count). The van der Waals surface area contributed by atoms with Gasteiger partial charge in [-0.2, -0.15) is 0 Å². The molecule has 5 atom stereocenters. The molecule has 4 unspecified atom stereocenters. The SMILES string of the molecule is C=CC1C[N+]2(Cc3cc(F)ccc3F)CCC1CC2[C@H](O)c1ccnc2ccccc12. The molecule has 3 saturated heterocycles. The quantitative estimate of drug-likeness (QED) is 0.456. The molecule has 31 heavy (non-hydrogen) atoms. The fourth-order valence-corrected chi connectivity index (χ4v) is 5.97. The minimum Gasteiger partial charge on any atom is -0.382 e.